The molecule has 0 aromatic heterocycles. The van der Waals surface area contributed by atoms with Crippen LogP contribution in [0, 0.1) is 5.82 Å². The zero-order valence-electron chi connectivity index (χ0n) is 20.7. The van der Waals surface area contributed by atoms with Gasteiger partial charge in [-0.25, -0.2) is 12.8 Å². The van der Waals surface area contributed by atoms with Crippen LogP contribution < -0.4 is 24.4 Å². The van der Waals surface area contributed by atoms with Crippen molar-refractivity contribution >= 4 is 33.2 Å². The van der Waals surface area contributed by atoms with Gasteiger partial charge in [0.2, 0.25) is 5.91 Å². The fourth-order valence-electron chi connectivity index (χ4n) is 3.47. The maximum atomic E-state index is 13.7. The first-order valence-corrected chi connectivity index (χ1v) is 12.8. The van der Waals surface area contributed by atoms with E-state index in [4.69, 9.17) is 9.47 Å². The van der Waals surface area contributed by atoms with Crippen LogP contribution in [0.15, 0.2) is 71.6 Å². The number of nitrogens with one attached hydrogen (secondary N) is 2. The van der Waals surface area contributed by atoms with Crippen LogP contribution in [-0.4, -0.2) is 47.5 Å². The van der Waals surface area contributed by atoms with Gasteiger partial charge in [-0.3, -0.25) is 13.9 Å². The molecule has 0 radical (unpaired) electrons. The number of nitrogens with zero attached hydrogens (tertiary/aromatic N) is 1. The summed E-state index contributed by atoms with van der Waals surface area (Å²) in [5.41, 5.74) is 0.532. The Morgan fingerprint density at radius 2 is 1.62 bits per heavy atom. The molecule has 0 spiro atoms. The Labute approximate surface area is 215 Å². The lowest BCUT2D eigenvalue weighted by atomic mass is 10.1. The summed E-state index contributed by atoms with van der Waals surface area (Å²) in [6, 6.07) is 15.1. The molecule has 37 heavy (non-hydrogen) atoms. The Kier molecular flexibility index (Phi) is 9.07. The Balaban J connectivity index is 1.96. The lowest BCUT2D eigenvalue weighted by Gasteiger charge is -2.24. The minimum Gasteiger partial charge on any atom is -0.493 e. The van der Waals surface area contributed by atoms with E-state index in [1.165, 1.54) is 44.6 Å². The molecule has 0 unspecified atom stereocenters. The summed E-state index contributed by atoms with van der Waals surface area (Å²) < 4.78 is 52.2. The molecule has 2 amide bonds. The predicted molar refractivity (Wildman–Crippen MR) is 138 cm³/mol. The fraction of sp³-hybridized carbons (Fsp3) is 0.231. The molecule has 0 aliphatic carbocycles. The van der Waals surface area contributed by atoms with Crippen molar-refractivity contribution in [1.82, 2.24) is 5.32 Å². The Morgan fingerprint density at radius 1 is 0.946 bits per heavy atom. The number of anilines is 2. The largest absolute Gasteiger partial charge is 0.493 e. The highest BCUT2D eigenvalue weighted by Crippen LogP contribution is 2.32. The molecule has 3 aromatic rings. The van der Waals surface area contributed by atoms with E-state index in [-0.39, 0.29) is 33.5 Å². The highest BCUT2D eigenvalue weighted by atomic mass is 32.2. The smallest absolute Gasteiger partial charge is 0.264 e. The average molecular weight is 530 g/mol. The number of rotatable bonds is 11. The summed E-state index contributed by atoms with van der Waals surface area (Å²) in [5, 5.41) is 5.37. The Hall–Kier alpha value is -4.12. The molecule has 0 saturated heterocycles. The first-order valence-electron chi connectivity index (χ1n) is 11.4. The maximum absolute atomic E-state index is 13.7. The molecule has 2 N–H and O–H groups in total. The number of methoxy groups -OCH3 is 2. The number of carbonyl (C=O) groups excluding carboxylic acids is 2. The van der Waals surface area contributed by atoms with Gasteiger partial charge >= 0.3 is 0 Å². The first-order chi connectivity index (χ1) is 17.7. The standard InChI is InChI=1S/C26H28FN3O6S/c1-4-15-28-26(32)21-7-5-6-8-22(21)29-25(31)17-30(19-11-9-18(27)10-12-19)37(33,34)20-13-14-23(35-2)24(16-20)36-3/h5-14,16H,4,15,17H2,1-3H3,(H,28,32)(H,29,31). The summed E-state index contributed by atoms with van der Waals surface area (Å²) in [6.45, 7) is 1.73. The van der Waals surface area contributed by atoms with Gasteiger partial charge in [0.15, 0.2) is 11.5 Å². The summed E-state index contributed by atoms with van der Waals surface area (Å²) in [5.74, 6) is -1.14. The van der Waals surface area contributed by atoms with E-state index in [1.54, 1.807) is 24.3 Å². The van der Waals surface area contributed by atoms with Crippen molar-refractivity contribution in [2.75, 3.05) is 36.9 Å². The Morgan fingerprint density at radius 3 is 2.27 bits per heavy atom. The van der Waals surface area contributed by atoms with Crippen molar-refractivity contribution in [2.45, 2.75) is 18.2 Å². The van der Waals surface area contributed by atoms with Crippen LogP contribution in [0.4, 0.5) is 15.8 Å². The molecule has 3 aromatic carbocycles. The van der Waals surface area contributed by atoms with Gasteiger partial charge in [-0.2, -0.15) is 0 Å². The molecular weight excluding hydrogens is 501 g/mol. The average Bonchev–Trinajstić information content (AvgIpc) is 2.90. The lowest BCUT2D eigenvalue weighted by Crippen LogP contribution is -2.38. The summed E-state index contributed by atoms with van der Waals surface area (Å²) >= 11 is 0. The third-order valence-corrected chi connectivity index (χ3v) is 7.10. The second-order valence-corrected chi connectivity index (χ2v) is 9.72. The van der Waals surface area contributed by atoms with Gasteiger partial charge < -0.3 is 20.1 Å². The number of para-hydroxylation sites is 1. The second kappa shape index (κ2) is 12.2. The van der Waals surface area contributed by atoms with Crippen LogP contribution in [0.2, 0.25) is 0 Å². The predicted octanol–water partition coefficient (Wildman–Crippen LogP) is 3.82. The molecule has 9 nitrogen and oxygen atoms in total. The SMILES string of the molecule is CCCNC(=O)c1ccccc1NC(=O)CN(c1ccc(F)cc1)S(=O)(=O)c1ccc(OC)c(OC)c1. The number of hydrogen-bond acceptors (Lipinski definition) is 6. The molecule has 196 valence electrons. The summed E-state index contributed by atoms with van der Waals surface area (Å²) in [6.07, 6.45) is 0.737. The molecule has 0 saturated carbocycles. The molecule has 0 aliphatic heterocycles. The molecule has 0 heterocycles. The zero-order valence-corrected chi connectivity index (χ0v) is 21.5. The molecule has 0 aliphatic rings. The Bertz CT molecular complexity index is 1360. The number of halogens is 1. The monoisotopic (exact) mass is 529 g/mol. The van der Waals surface area contributed by atoms with E-state index in [2.05, 4.69) is 10.6 Å². The number of hydrogen-bond donors (Lipinski definition) is 2. The minimum atomic E-state index is -4.32. The second-order valence-electron chi connectivity index (χ2n) is 7.85. The topological polar surface area (TPSA) is 114 Å². The molecule has 0 atom stereocenters. The molecular formula is C26H28FN3O6S. The van der Waals surface area contributed by atoms with Gasteiger partial charge in [-0.1, -0.05) is 19.1 Å². The van der Waals surface area contributed by atoms with Crippen LogP contribution in [-0.2, 0) is 14.8 Å². The molecule has 0 bridgehead atoms. The van der Waals surface area contributed by atoms with E-state index in [1.807, 2.05) is 6.92 Å². The minimum absolute atomic E-state index is 0.0697. The van der Waals surface area contributed by atoms with Crippen LogP contribution in [0.1, 0.15) is 23.7 Å². The summed E-state index contributed by atoms with van der Waals surface area (Å²) in [7, 11) is -1.53. The number of sulfonamides is 1. The van der Waals surface area contributed by atoms with E-state index in [0.29, 0.717) is 12.3 Å². The molecule has 0 fully saturated rings. The van der Waals surface area contributed by atoms with Crippen LogP contribution in [0.5, 0.6) is 11.5 Å². The fourth-order valence-corrected chi connectivity index (χ4v) is 4.91. The number of amides is 2. The van der Waals surface area contributed by atoms with Gasteiger partial charge in [0, 0.05) is 12.6 Å². The number of carbonyl (C=O) groups is 2. The van der Waals surface area contributed by atoms with Crippen LogP contribution in [0.25, 0.3) is 0 Å². The van der Waals surface area contributed by atoms with Crippen molar-refractivity contribution in [3.05, 3.63) is 78.1 Å². The highest BCUT2D eigenvalue weighted by molar-refractivity contribution is 7.92. The van der Waals surface area contributed by atoms with E-state index in [9.17, 15) is 22.4 Å². The molecule has 3 rings (SSSR count). The lowest BCUT2D eigenvalue weighted by molar-refractivity contribution is -0.114. The summed E-state index contributed by atoms with van der Waals surface area (Å²) in [4.78, 5) is 25.4. The number of ether oxygens (including phenoxy) is 2. The van der Waals surface area contributed by atoms with Crippen molar-refractivity contribution in [3.63, 3.8) is 0 Å². The van der Waals surface area contributed by atoms with Crippen molar-refractivity contribution in [2.24, 2.45) is 0 Å². The van der Waals surface area contributed by atoms with Crippen LogP contribution >= 0.6 is 0 Å². The van der Waals surface area contributed by atoms with E-state index >= 15 is 0 Å². The van der Waals surface area contributed by atoms with Gasteiger partial charge in [0.1, 0.15) is 12.4 Å². The first kappa shape index (κ1) is 27.5. The molecule has 11 heteroatoms. The normalized spacial score (nSPS) is 10.9. The number of benzene rings is 3. The van der Waals surface area contributed by atoms with Gasteiger partial charge in [-0.15, -0.1) is 0 Å². The quantitative estimate of drug-likeness (QED) is 0.390. The van der Waals surface area contributed by atoms with Gasteiger partial charge in [-0.05, 0) is 55.0 Å². The van der Waals surface area contributed by atoms with Crippen molar-refractivity contribution in [1.29, 1.82) is 0 Å². The van der Waals surface area contributed by atoms with Gasteiger partial charge in [0.05, 0.1) is 36.1 Å². The van der Waals surface area contributed by atoms with E-state index in [0.717, 1.165) is 22.9 Å². The van der Waals surface area contributed by atoms with E-state index < -0.39 is 28.3 Å². The van der Waals surface area contributed by atoms with Gasteiger partial charge in [0.25, 0.3) is 15.9 Å². The van der Waals surface area contributed by atoms with Crippen molar-refractivity contribution < 1.29 is 31.9 Å². The highest BCUT2D eigenvalue weighted by Gasteiger charge is 2.29. The third kappa shape index (κ3) is 6.56. The zero-order chi connectivity index (χ0) is 27.0. The van der Waals surface area contributed by atoms with Crippen molar-refractivity contribution in [3.8, 4) is 11.5 Å². The third-order valence-electron chi connectivity index (χ3n) is 5.33. The maximum Gasteiger partial charge on any atom is 0.264 e. The van der Waals surface area contributed by atoms with Crippen LogP contribution in [0.3, 0.4) is 0 Å².